The van der Waals surface area contributed by atoms with E-state index in [0.717, 1.165) is 21.3 Å². The lowest BCUT2D eigenvalue weighted by Gasteiger charge is -2.05. The van der Waals surface area contributed by atoms with Gasteiger partial charge >= 0.3 is 0 Å². The van der Waals surface area contributed by atoms with E-state index in [1.54, 1.807) is 0 Å². The Hall–Kier alpha value is -2.78. The highest BCUT2D eigenvalue weighted by Gasteiger charge is 2.14. The Bertz CT molecular complexity index is 993. The first-order valence-corrected chi connectivity index (χ1v) is 10.4. The van der Waals surface area contributed by atoms with E-state index in [9.17, 15) is 4.79 Å². The van der Waals surface area contributed by atoms with Crippen LogP contribution in [0.25, 0.3) is 0 Å². The third kappa shape index (κ3) is 4.73. The van der Waals surface area contributed by atoms with Crippen molar-refractivity contribution in [1.29, 1.82) is 0 Å². The Balaban J connectivity index is 1.24. The number of hydrogen-bond acceptors (Lipinski definition) is 8. The maximum Gasteiger partial charge on any atom is 0.231 e. The quantitative estimate of drug-likeness (QED) is 0.570. The van der Waals surface area contributed by atoms with E-state index in [2.05, 4.69) is 20.8 Å². The van der Waals surface area contributed by atoms with Crippen molar-refractivity contribution in [1.82, 2.24) is 15.5 Å². The molecule has 9 heteroatoms. The van der Waals surface area contributed by atoms with E-state index in [1.807, 2.05) is 49.4 Å². The van der Waals surface area contributed by atoms with Crippen LogP contribution in [0.15, 0.2) is 46.8 Å². The van der Waals surface area contributed by atoms with Crippen LogP contribution in [0.5, 0.6) is 11.5 Å². The summed E-state index contributed by atoms with van der Waals surface area (Å²) >= 11 is 2.79. The monoisotopic (exact) mass is 414 g/mol. The van der Waals surface area contributed by atoms with Crippen LogP contribution in [0.4, 0.5) is 10.8 Å². The van der Waals surface area contributed by atoms with Gasteiger partial charge in [-0.25, -0.2) is 0 Å². The Morgan fingerprint density at radius 3 is 2.96 bits per heavy atom. The number of fused-ring (bicyclic) bond motifs is 1. The molecular weight excluding hydrogens is 396 g/mol. The number of amides is 1. The minimum Gasteiger partial charge on any atom is -0.454 e. The van der Waals surface area contributed by atoms with Crippen molar-refractivity contribution in [3.05, 3.63) is 53.6 Å². The minimum atomic E-state index is -0.0638. The molecule has 4 rings (SSSR count). The van der Waals surface area contributed by atoms with Crippen LogP contribution in [0.2, 0.25) is 0 Å². The van der Waals surface area contributed by atoms with Crippen molar-refractivity contribution in [2.45, 2.75) is 17.8 Å². The van der Waals surface area contributed by atoms with Gasteiger partial charge in [-0.2, -0.15) is 0 Å². The first-order valence-electron chi connectivity index (χ1n) is 8.61. The number of hydrogen-bond donors (Lipinski definition) is 2. The number of rotatable bonds is 7. The number of carbonyl (C=O) groups is 1. The van der Waals surface area contributed by atoms with Gasteiger partial charge in [-0.3, -0.25) is 4.79 Å². The SMILES string of the molecule is Cc1cccc(Nc2nnc(SCC(=O)NCc3ccc4c(c3)OCO4)s2)c1. The van der Waals surface area contributed by atoms with Gasteiger partial charge in [-0.05, 0) is 42.3 Å². The van der Waals surface area contributed by atoms with Crippen LogP contribution >= 0.6 is 23.1 Å². The second kappa shape index (κ2) is 8.49. The molecule has 1 aliphatic rings. The topological polar surface area (TPSA) is 85.4 Å². The lowest BCUT2D eigenvalue weighted by molar-refractivity contribution is -0.118. The van der Waals surface area contributed by atoms with Crippen LogP contribution in [0.1, 0.15) is 11.1 Å². The number of aromatic nitrogens is 2. The molecule has 1 amide bonds. The Labute approximate surface area is 170 Å². The van der Waals surface area contributed by atoms with Gasteiger partial charge in [-0.1, -0.05) is 41.3 Å². The van der Waals surface area contributed by atoms with Gasteiger partial charge in [-0.15, -0.1) is 10.2 Å². The Morgan fingerprint density at radius 1 is 1.18 bits per heavy atom. The summed E-state index contributed by atoms with van der Waals surface area (Å²) in [5.41, 5.74) is 3.10. The van der Waals surface area contributed by atoms with E-state index >= 15 is 0 Å². The zero-order valence-corrected chi connectivity index (χ0v) is 16.7. The lowest BCUT2D eigenvalue weighted by atomic mass is 10.2. The Morgan fingerprint density at radius 2 is 2.07 bits per heavy atom. The molecule has 1 aliphatic heterocycles. The van der Waals surface area contributed by atoms with E-state index in [1.165, 1.54) is 28.7 Å². The van der Waals surface area contributed by atoms with Gasteiger partial charge in [0.25, 0.3) is 0 Å². The molecule has 28 heavy (non-hydrogen) atoms. The van der Waals surface area contributed by atoms with Gasteiger partial charge in [0.2, 0.25) is 17.8 Å². The molecule has 1 aromatic heterocycles. The van der Waals surface area contributed by atoms with Crippen LogP contribution in [0, 0.1) is 6.92 Å². The first-order chi connectivity index (χ1) is 13.7. The summed E-state index contributed by atoms with van der Waals surface area (Å²) < 4.78 is 11.4. The smallest absolute Gasteiger partial charge is 0.231 e. The molecule has 0 saturated heterocycles. The number of nitrogens with zero attached hydrogens (tertiary/aromatic N) is 2. The van der Waals surface area contributed by atoms with Gasteiger partial charge in [0, 0.05) is 12.2 Å². The second-order valence-corrected chi connectivity index (χ2v) is 8.32. The highest BCUT2D eigenvalue weighted by Crippen LogP contribution is 2.32. The van der Waals surface area contributed by atoms with Gasteiger partial charge in [0.1, 0.15) is 0 Å². The number of carbonyl (C=O) groups excluding carboxylic acids is 1. The van der Waals surface area contributed by atoms with Crippen molar-refractivity contribution in [3.63, 3.8) is 0 Å². The van der Waals surface area contributed by atoms with Crippen LogP contribution in [-0.4, -0.2) is 28.7 Å². The van der Waals surface area contributed by atoms with Gasteiger partial charge in [0.05, 0.1) is 5.75 Å². The molecule has 2 heterocycles. The van der Waals surface area contributed by atoms with Gasteiger partial charge < -0.3 is 20.1 Å². The van der Waals surface area contributed by atoms with Crippen molar-refractivity contribution >= 4 is 39.8 Å². The highest BCUT2D eigenvalue weighted by atomic mass is 32.2. The molecule has 0 fully saturated rings. The normalized spacial score (nSPS) is 12.0. The largest absolute Gasteiger partial charge is 0.454 e. The number of ether oxygens (including phenoxy) is 2. The molecule has 2 N–H and O–H groups in total. The summed E-state index contributed by atoms with van der Waals surface area (Å²) in [4.78, 5) is 12.1. The molecule has 0 spiro atoms. The molecule has 0 unspecified atom stereocenters. The summed E-state index contributed by atoms with van der Waals surface area (Å²) in [6, 6.07) is 13.7. The first kappa shape index (κ1) is 18.6. The second-order valence-electron chi connectivity index (χ2n) is 6.12. The fourth-order valence-electron chi connectivity index (χ4n) is 2.59. The summed E-state index contributed by atoms with van der Waals surface area (Å²) in [7, 11) is 0. The minimum absolute atomic E-state index is 0.0638. The fourth-order valence-corrected chi connectivity index (χ4v) is 4.20. The molecule has 144 valence electrons. The van der Waals surface area contributed by atoms with E-state index in [-0.39, 0.29) is 18.5 Å². The third-order valence-electron chi connectivity index (χ3n) is 3.93. The van der Waals surface area contributed by atoms with Crippen molar-refractivity contribution in [2.75, 3.05) is 17.9 Å². The molecule has 0 radical (unpaired) electrons. The predicted molar refractivity (Wildman–Crippen MR) is 110 cm³/mol. The summed E-state index contributed by atoms with van der Waals surface area (Å²) in [5, 5.41) is 15.1. The van der Waals surface area contributed by atoms with Crippen molar-refractivity contribution < 1.29 is 14.3 Å². The van der Waals surface area contributed by atoms with E-state index < -0.39 is 0 Å². The van der Waals surface area contributed by atoms with Crippen molar-refractivity contribution in [2.24, 2.45) is 0 Å². The number of anilines is 2. The predicted octanol–water partition coefficient (Wildman–Crippen LogP) is 3.73. The maximum absolute atomic E-state index is 12.1. The zero-order valence-electron chi connectivity index (χ0n) is 15.1. The number of nitrogens with one attached hydrogen (secondary N) is 2. The Kier molecular flexibility index (Phi) is 5.63. The molecule has 2 aromatic carbocycles. The standard InChI is InChI=1S/C19H18N4O3S2/c1-12-3-2-4-14(7-12)21-18-22-23-19(28-18)27-10-17(24)20-9-13-5-6-15-16(8-13)26-11-25-15/h2-8H,9-11H2,1H3,(H,20,24)(H,21,22). The maximum atomic E-state index is 12.1. The fraction of sp³-hybridized carbons (Fsp3) is 0.211. The number of aryl methyl sites for hydroxylation is 1. The van der Waals surface area contributed by atoms with Crippen LogP contribution in [-0.2, 0) is 11.3 Å². The average molecular weight is 415 g/mol. The third-order valence-corrected chi connectivity index (χ3v) is 5.90. The number of benzene rings is 2. The van der Waals surface area contributed by atoms with Gasteiger partial charge in [0.15, 0.2) is 15.8 Å². The molecule has 0 bridgehead atoms. The summed E-state index contributed by atoms with van der Waals surface area (Å²) in [6.07, 6.45) is 0. The lowest BCUT2D eigenvalue weighted by Crippen LogP contribution is -2.24. The molecule has 0 atom stereocenters. The molecular formula is C19H18N4O3S2. The number of thioether (sulfide) groups is 1. The summed E-state index contributed by atoms with van der Waals surface area (Å²) in [5.74, 6) is 1.66. The van der Waals surface area contributed by atoms with Crippen LogP contribution < -0.4 is 20.1 Å². The van der Waals surface area contributed by atoms with E-state index in [0.29, 0.717) is 17.4 Å². The van der Waals surface area contributed by atoms with E-state index in [4.69, 9.17) is 9.47 Å². The molecule has 0 aliphatic carbocycles. The van der Waals surface area contributed by atoms with Crippen LogP contribution in [0.3, 0.4) is 0 Å². The molecule has 7 nitrogen and oxygen atoms in total. The average Bonchev–Trinajstić information content (AvgIpc) is 3.33. The van der Waals surface area contributed by atoms with Crippen molar-refractivity contribution in [3.8, 4) is 11.5 Å². The molecule has 3 aromatic rings. The molecule has 0 saturated carbocycles. The summed E-state index contributed by atoms with van der Waals surface area (Å²) in [6.45, 7) is 2.71. The highest BCUT2D eigenvalue weighted by molar-refractivity contribution is 8.01. The zero-order chi connectivity index (χ0) is 19.3.